The molecule has 5 rings (SSSR count). The fraction of sp³-hybridized carbons (Fsp3) is 0.480. The van der Waals surface area contributed by atoms with Crippen LogP contribution < -0.4 is 0 Å². The minimum atomic E-state index is 0.401. The number of fused-ring (bicyclic) bond motifs is 1. The number of nitrogens with one attached hydrogen (secondary N) is 1. The predicted octanol–water partition coefficient (Wildman–Crippen LogP) is 5.16. The Morgan fingerprint density at radius 3 is 2.52 bits per heavy atom. The van der Waals surface area contributed by atoms with E-state index >= 15 is 0 Å². The first-order valence-electron chi connectivity index (χ1n) is 11.3. The fourth-order valence-electron chi connectivity index (χ4n) is 5.15. The SMILES string of the molecule is CCC(c1nc(-c2cccc3ccccc23)[nH]c1C)N1CCN(C2CCC2)CC1. The van der Waals surface area contributed by atoms with Crippen molar-refractivity contribution in [3.8, 4) is 11.4 Å². The van der Waals surface area contributed by atoms with Gasteiger partial charge >= 0.3 is 0 Å². The van der Waals surface area contributed by atoms with Gasteiger partial charge in [-0.05, 0) is 37.0 Å². The van der Waals surface area contributed by atoms with Gasteiger partial charge in [0.05, 0.1) is 11.7 Å². The summed E-state index contributed by atoms with van der Waals surface area (Å²) < 4.78 is 0. The molecule has 1 N–H and O–H groups in total. The van der Waals surface area contributed by atoms with Gasteiger partial charge < -0.3 is 4.98 Å². The summed E-state index contributed by atoms with van der Waals surface area (Å²) in [4.78, 5) is 14.1. The smallest absolute Gasteiger partial charge is 0.138 e. The maximum Gasteiger partial charge on any atom is 0.138 e. The zero-order valence-corrected chi connectivity index (χ0v) is 17.7. The van der Waals surface area contributed by atoms with Gasteiger partial charge in [0.2, 0.25) is 0 Å². The average molecular weight is 389 g/mol. The van der Waals surface area contributed by atoms with Crippen molar-refractivity contribution in [2.45, 2.75) is 51.6 Å². The van der Waals surface area contributed by atoms with Crippen molar-refractivity contribution in [1.29, 1.82) is 0 Å². The molecule has 2 aromatic carbocycles. The standard InChI is InChI=1S/C25H32N4/c1-3-23(29-16-14-28(15-17-29)20-10-7-11-20)24-18(2)26-25(27-24)22-13-6-9-19-8-4-5-12-21(19)22/h4-6,8-9,12-13,20,23H,3,7,10-11,14-17H2,1-2H3,(H,26,27). The molecule has 1 aliphatic carbocycles. The Kier molecular flexibility index (Phi) is 5.15. The molecular formula is C25H32N4. The Hall–Kier alpha value is -2.17. The van der Waals surface area contributed by atoms with Crippen LogP contribution in [-0.4, -0.2) is 52.0 Å². The monoisotopic (exact) mass is 388 g/mol. The van der Waals surface area contributed by atoms with Gasteiger partial charge in [0.25, 0.3) is 0 Å². The van der Waals surface area contributed by atoms with Gasteiger partial charge in [-0.1, -0.05) is 55.8 Å². The molecule has 152 valence electrons. The summed E-state index contributed by atoms with van der Waals surface area (Å²) in [7, 11) is 0. The number of rotatable bonds is 5. The number of aromatic amines is 1. The van der Waals surface area contributed by atoms with E-state index in [9.17, 15) is 0 Å². The Morgan fingerprint density at radius 1 is 1.03 bits per heavy atom. The number of aromatic nitrogens is 2. The van der Waals surface area contributed by atoms with Gasteiger partial charge in [-0.3, -0.25) is 9.80 Å². The van der Waals surface area contributed by atoms with Crippen molar-refractivity contribution in [3.63, 3.8) is 0 Å². The van der Waals surface area contributed by atoms with E-state index in [0.717, 1.165) is 31.4 Å². The molecule has 29 heavy (non-hydrogen) atoms. The van der Waals surface area contributed by atoms with Gasteiger partial charge in [-0.25, -0.2) is 4.98 Å². The first-order chi connectivity index (χ1) is 14.2. The molecule has 1 aromatic heterocycles. The fourth-order valence-corrected chi connectivity index (χ4v) is 5.15. The van der Waals surface area contributed by atoms with E-state index in [-0.39, 0.29) is 0 Å². The number of aryl methyl sites for hydroxylation is 1. The van der Waals surface area contributed by atoms with Crippen molar-refractivity contribution < 1.29 is 0 Å². The highest BCUT2D eigenvalue weighted by atomic mass is 15.3. The van der Waals surface area contributed by atoms with E-state index in [4.69, 9.17) is 4.98 Å². The summed E-state index contributed by atoms with van der Waals surface area (Å²) in [5.41, 5.74) is 3.64. The second-order valence-electron chi connectivity index (χ2n) is 8.70. The van der Waals surface area contributed by atoms with E-state index in [1.54, 1.807) is 0 Å². The van der Waals surface area contributed by atoms with Crippen LogP contribution in [-0.2, 0) is 0 Å². The number of H-pyrrole nitrogens is 1. The number of benzene rings is 2. The summed E-state index contributed by atoms with van der Waals surface area (Å²) in [6, 6.07) is 16.3. The van der Waals surface area contributed by atoms with E-state index in [1.807, 2.05) is 0 Å². The zero-order valence-electron chi connectivity index (χ0n) is 17.7. The zero-order chi connectivity index (χ0) is 19.8. The van der Waals surface area contributed by atoms with Gasteiger partial charge in [0, 0.05) is 43.5 Å². The van der Waals surface area contributed by atoms with Gasteiger partial charge in [0.1, 0.15) is 5.82 Å². The predicted molar refractivity (Wildman–Crippen MR) is 120 cm³/mol. The molecule has 0 amide bonds. The molecule has 0 bridgehead atoms. The Morgan fingerprint density at radius 2 is 1.79 bits per heavy atom. The number of piperazine rings is 1. The number of nitrogens with zero attached hydrogens (tertiary/aromatic N) is 3. The molecule has 2 aliphatic rings. The third-order valence-electron chi connectivity index (χ3n) is 7.05. The van der Waals surface area contributed by atoms with E-state index in [2.05, 4.69) is 71.1 Å². The highest BCUT2D eigenvalue weighted by Crippen LogP contribution is 2.33. The van der Waals surface area contributed by atoms with Gasteiger partial charge in [0.15, 0.2) is 0 Å². The highest BCUT2D eigenvalue weighted by molar-refractivity contribution is 5.95. The van der Waals surface area contributed by atoms with Crippen molar-refractivity contribution in [1.82, 2.24) is 19.8 Å². The summed E-state index contributed by atoms with van der Waals surface area (Å²) in [6.07, 6.45) is 5.34. The third-order valence-corrected chi connectivity index (χ3v) is 7.05. The molecule has 3 aromatic rings. The van der Waals surface area contributed by atoms with Gasteiger partial charge in [-0.2, -0.15) is 0 Å². The van der Waals surface area contributed by atoms with Crippen LogP contribution in [0.2, 0.25) is 0 Å². The molecule has 4 nitrogen and oxygen atoms in total. The van der Waals surface area contributed by atoms with E-state index in [0.29, 0.717) is 6.04 Å². The number of imidazole rings is 1. The lowest BCUT2D eigenvalue weighted by atomic mass is 9.91. The minimum Gasteiger partial charge on any atom is -0.342 e. The molecule has 1 atom stereocenters. The third kappa shape index (κ3) is 3.49. The van der Waals surface area contributed by atoms with E-state index in [1.165, 1.54) is 60.1 Å². The van der Waals surface area contributed by atoms with Crippen LogP contribution in [0.4, 0.5) is 0 Å². The maximum atomic E-state index is 5.15. The van der Waals surface area contributed by atoms with Crippen LogP contribution >= 0.6 is 0 Å². The van der Waals surface area contributed by atoms with Crippen molar-refractivity contribution >= 4 is 10.8 Å². The molecule has 1 saturated heterocycles. The molecule has 2 heterocycles. The second kappa shape index (κ2) is 7.92. The topological polar surface area (TPSA) is 35.2 Å². The summed E-state index contributed by atoms with van der Waals surface area (Å²) in [5.74, 6) is 1.00. The van der Waals surface area contributed by atoms with Crippen LogP contribution in [0.1, 0.15) is 50.0 Å². The van der Waals surface area contributed by atoms with Crippen LogP contribution in [0.15, 0.2) is 42.5 Å². The molecule has 0 spiro atoms. The van der Waals surface area contributed by atoms with Crippen molar-refractivity contribution in [2.75, 3.05) is 26.2 Å². The second-order valence-corrected chi connectivity index (χ2v) is 8.70. The Balaban J connectivity index is 1.40. The van der Waals surface area contributed by atoms with Gasteiger partial charge in [-0.15, -0.1) is 0 Å². The number of hydrogen-bond acceptors (Lipinski definition) is 3. The lowest BCUT2D eigenvalue weighted by Crippen LogP contribution is -2.52. The molecule has 1 saturated carbocycles. The number of hydrogen-bond donors (Lipinski definition) is 1. The molecular weight excluding hydrogens is 356 g/mol. The molecule has 1 unspecified atom stereocenters. The van der Waals surface area contributed by atoms with E-state index < -0.39 is 0 Å². The lowest BCUT2D eigenvalue weighted by molar-refractivity contribution is 0.0405. The maximum absolute atomic E-state index is 5.15. The van der Waals surface area contributed by atoms with Crippen LogP contribution in [0.5, 0.6) is 0 Å². The van der Waals surface area contributed by atoms with Crippen LogP contribution in [0.25, 0.3) is 22.2 Å². The first kappa shape index (κ1) is 18.8. The summed E-state index contributed by atoms with van der Waals surface area (Å²) >= 11 is 0. The largest absolute Gasteiger partial charge is 0.342 e. The quantitative estimate of drug-likeness (QED) is 0.656. The summed E-state index contributed by atoms with van der Waals surface area (Å²) in [5, 5.41) is 2.53. The lowest BCUT2D eigenvalue weighted by Gasteiger charge is -2.44. The normalized spacial score (nSPS) is 20.1. The van der Waals surface area contributed by atoms with Crippen LogP contribution in [0.3, 0.4) is 0 Å². The minimum absolute atomic E-state index is 0.401. The van der Waals surface area contributed by atoms with Crippen molar-refractivity contribution in [2.24, 2.45) is 0 Å². The van der Waals surface area contributed by atoms with Crippen LogP contribution in [0, 0.1) is 6.92 Å². The van der Waals surface area contributed by atoms with Crippen molar-refractivity contribution in [3.05, 3.63) is 53.9 Å². The first-order valence-corrected chi connectivity index (χ1v) is 11.3. The average Bonchev–Trinajstić information content (AvgIpc) is 3.09. The highest BCUT2D eigenvalue weighted by Gasteiger charge is 2.31. The molecule has 1 aliphatic heterocycles. The Bertz CT molecular complexity index is 974. The molecule has 4 heteroatoms. The Labute approximate surface area is 173 Å². The summed E-state index contributed by atoms with van der Waals surface area (Å²) in [6.45, 7) is 9.22. The molecule has 0 radical (unpaired) electrons. The molecule has 2 fully saturated rings.